The molecule has 2 heterocycles. The lowest BCUT2D eigenvalue weighted by atomic mass is 9.87. The maximum atomic E-state index is 12.5. The summed E-state index contributed by atoms with van der Waals surface area (Å²) in [5.41, 5.74) is 5.01. The van der Waals surface area contributed by atoms with Crippen LogP contribution in [0, 0.1) is 0 Å². The van der Waals surface area contributed by atoms with E-state index in [4.69, 9.17) is 12.2 Å². The number of hydrogen-bond donors (Lipinski definition) is 2. The average Bonchev–Trinajstić information content (AvgIpc) is 3.18. The maximum absolute atomic E-state index is 12.5. The summed E-state index contributed by atoms with van der Waals surface area (Å²) < 4.78 is 0.299. The molecule has 0 atom stereocenters. The molecule has 1 aliphatic rings. The fourth-order valence-electron chi connectivity index (χ4n) is 2.43. The summed E-state index contributed by atoms with van der Waals surface area (Å²) in [6.45, 7) is 6.33. The summed E-state index contributed by atoms with van der Waals surface area (Å²) in [4.78, 5) is 28.5. The lowest BCUT2D eigenvalue weighted by Crippen LogP contribution is -2.44. The second-order valence-electron chi connectivity index (χ2n) is 6.91. The van der Waals surface area contributed by atoms with E-state index in [0.29, 0.717) is 14.8 Å². The molecule has 0 radical (unpaired) electrons. The van der Waals surface area contributed by atoms with Crippen LogP contribution >= 0.6 is 24.0 Å². The Hall–Kier alpha value is -2.38. The molecule has 2 N–H and O–H groups in total. The Kier molecular flexibility index (Phi) is 5.02. The Balaban J connectivity index is 1.73. The Morgan fingerprint density at radius 2 is 1.92 bits per heavy atom. The Morgan fingerprint density at radius 3 is 2.50 bits per heavy atom. The molecular formula is C19H19N3O2S2. The van der Waals surface area contributed by atoms with Crippen molar-refractivity contribution in [1.82, 2.24) is 15.4 Å². The lowest BCUT2D eigenvalue weighted by Gasteiger charge is -2.19. The minimum Gasteiger partial charge on any atom is -0.362 e. The normalized spacial score (nSPS) is 16.4. The van der Waals surface area contributed by atoms with Gasteiger partial charge in [-0.1, -0.05) is 44.7 Å². The van der Waals surface area contributed by atoms with Gasteiger partial charge in [-0.3, -0.25) is 15.0 Å². The topological polar surface area (TPSA) is 65.2 Å². The number of hydrogen-bond acceptors (Lipinski definition) is 4. The molecule has 0 aliphatic carbocycles. The van der Waals surface area contributed by atoms with Gasteiger partial charge in [0.2, 0.25) is 0 Å². The predicted octanol–water partition coefficient (Wildman–Crippen LogP) is 3.86. The molecule has 1 saturated heterocycles. The first-order valence-electron chi connectivity index (χ1n) is 8.08. The molecule has 0 saturated carbocycles. The minimum absolute atomic E-state index is 0.00957. The lowest BCUT2D eigenvalue weighted by molar-refractivity contribution is -0.123. The molecule has 2 aromatic rings. The van der Waals surface area contributed by atoms with Crippen LogP contribution in [-0.2, 0) is 10.2 Å². The zero-order chi connectivity index (χ0) is 18.9. The highest BCUT2D eigenvalue weighted by Crippen LogP contribution is 2.31. The zero-order valence-corrected chi connectivity index (χ0v) is 16.3. The second kappa shape index (κ2) is 7.09. The third-order valence-corrected chi connectivity index (χ3v) is 5.23. The van der Waals surface area contributed by atoms with E-state index in [9.17, 15) is 9.59 Å². The van der Waals surface area contributed by atoms with Gasteiger partial charge in [0.15, 0.2) is 4.32 Å². The second-order valence-corrected chi connectivity index (χ2v) is 8.59. The highest BCUT2D eigenvalue weighted by atomic mass is 32.2. The number of thioether (sulfide) groups is 1. The van der Waals surface area contributed by atoms with E-state index in [1.165, 1.54) is 0 Å². The molecule has 1 fully saturated rings. The predicted molar refractivity (Wildman–Crippen MR) is 108 cm³/mol. The van der Waals surface area contributed by atoms with E-state index in [2.05, 4.69) is 31.2 Å². The van der Waals surface area contributed by atoms with E-state index < -0.39 is 0 Å². The molecule has 26 heavy (non-hydrogen) atoms. The van der Waals surface area contributed by atoms with Gasteiger partial charge in [-0.05, 0) is 53.5 Å². The number of amides is 2. The molecule has 2 amide bonds. The van der Waals surface area contributed by atoms with Crippen molar-refractivity contribution in [2.24, 2.45) is 0 Å². The number of H-pyrrole nitrogens is 1. The van der Waals surface area contributed by atoms with Crippen molar-refractivity contribution in [2.45, 2.75) is 26.2 Å². The fourth-order valence-corrected chi connectivity index (χ4v) is 3.60. The standard InChI is InChI=1S/C19H19N3O2S2/c1-19(2,3)13-8-6-12(7-9-13)16(23)21-22-17(24)15(26-18(22)25)11-14-5-4-10-20-14/h4-11,20H,1-3H3,(H,21,23)/b15-11+. The first kappa shape index (κ1) is 18.4. The van der Waals surface area contributed by atoms with Gasteiger partial charge < -0.3 is 4.98 Å². The summed E-state index contributed by atoms with van der Waals surface area (Å²) >= 11 is 6.39. The number of nitrogens with zero attached hydrogens (tertiary/aromatic N) is 1. The van der Waals surface area contributed by atoms with Crippen molar-refractivity contribution >= 4 is 46.2 Å². The van der Waals surface area contributed by atoms with Gasteiger partial charge in [0.1, 0.15) is 0 Å². The molecule has 1 aromatic heterocycles. The highest BCUT2D eigenvalue weighted by molar-refractivity contribution is 8.26. The van der Waals surface area contributed by atoms with E-state index in [1.807, 2.05) is 24.3 Å². The molecule has 7 heteroatoms. The number of hydrazine groups is 1. The number of aromatic nitrogens is 1. The molecule has 0 bridgehead atoms. The first-order chi connectivity index (χ1) is 12.3. The smallest absolute Gasteiger partial charge is 0.285 e. The van der Waals surface area contributed by atoms with Crippen molar-refractivity contribution in [1.29, 1.82) is 0 Å². The van der Waals surface area contributed by atoms with Gasteiger partial charge in [-0.15, -0.1) is 0 Å². The number of aromatic amines is 1. The zero-order valence-electron chi connectivity index (χ0n) is 14.7. The van der Waals surface area contributed by atoms with Crippen LogP contribution in [0.15, 0.2) is 47.5 Å². The summed E-state index contributed by atoms with van der Waals surface area (Å²) in [6, 6.07) is 11.0. The quantitative estimate of drug-likeness (QED) is 0.622. The molecule has 1 aromatic carbocycles. The Morgan fingerprint density at radius 1 is 1.23 bits per heavy atom. The SMILES string of the molecule is CC(C)(C)c1ccc(C(=O)NN2C(=O)/C(=C\c3ccc[nH]3)SC2=S)cc1. The summed E-state index contributed by atoms with van der Waals surface area (Å²) in [6.07, 6.45) is 3.49. The van der Waals surface area contributed by atoms with Crippen LogP contribution in [0.2, 0.25) is 0 Å². The van der Waals surface area contributed by atoms with E-state index in [1.54, 1.807) is 24.4 Å². The van der Waals surface area contributed by atoms with Gasteiger partial charge in [0.05, 0.1) is 4.91 Å². The monoisotopic (exact) mass is 385 g/mol. The minimum atomic E-state index is -0.372. The van der Waals surface area contributed by atoms with Crippen LogP contribution in [-0.4, -0.2) is 26.1 Å². The van der Waals surface area contributed by atoms with E-state index >= 15 is 0 Å². The maximum Gasteiger partial charge on any atom is 0.285 e. The molecular weight excluding hydrogens is 366 g/mol. The van der Waals surface area contributed by atoms with Crippen LogP contribution in [0.25, 0.3) is 6.08 Å². The van der Waals surface area contributed by atoms with Crippen molar-refractivity contribution in [3.05, 3.63) is 64.3 Å². The third kappa shape index (κ3) is 3.89. The van der Waals surface area contributed by atoms with Crippen molar-refractivity contribution in [3.8, 4) is 0 Å². The molecule has 0 spiro atoms. The average molecular weight is 386 g/mol. The van der Waals surface area contributed by atoms with Gasteiger partial charge in [0.25, 0.3) is 11.8 Å². The summed E-state index contributed by atoms with van der Waals surface area (Å²) in [5.74, 6) is -0.711. The molecule has 1 aliphatic heterocycles. The van der Waals surface area contributed by atoms with E-state index in [-0.39, 0.29) is 17.2 Å². The first-order valence-corrected chi connectivity index (χ1v) is 9.31. The van der Waals surface area contributed by atoms with Gasteiger partial charge >= 0.3 is 0 Å². The largest absolute Gasteiger partial charge is 0.362 e. The number of carbonyl (C=O) groups excluding carboxylic acids is 2. The number of thiocarbonyl (C=S) groups is 1. The van der Waals surface area contributed by atoms with Crippen LogP contribution in [0.5, 0.6) is 0 Å². The van der Waals surface area contributed by atoms with Gasteiger partial charge in [-0.2, -0.15) is 5.01 Å². The van der Waals surface area contributed by atoms with Crippen molar-refractivity contribution < 1.29 is 9.59 Å². The van der Waals surface area contributed by atoms with Crippen molar-refractivity contribution in [2.75, 3.05) is 0 Å². The molecule has 5 nitrogen and oxygen atoms in total. The van der Waals surface area contributed by atoms with Crippen LogP contribution in [0.1, 0.15) is 42.4 Å². The van der Waals surface area contributed by atoms with Crippen LogP contribution in [0.4, 0.5) is 0 Å². The Bertz CT molecular complexity index is 879. The van der Waals surface area contributed by atoms with Crippen molar-refractivity contribution in [3.63, 3.8) is 0 Å². The Labute approximate surface area is 161 Å². The fraction of sp³-hybridized carbons (Fsp3) is 0.211. The van der Waals surface area contributed by atoms with E-state index in [0.717, 1.165) is 28.0 Å². The number of rotatable bonds is 3. The number of benzene rings is 1. The van der Waals surface area contributed by atoms with Crippen LogP contribution < -0.4 is 5.43 Å². The molecule has 3 rings (SSSR count). The number of nitrogens with one attached hydrogen (secondary N) is 2. The van der Waals surface area contributed by atoms with Gasteiger partial charge in [0, 0.05) is 17.5 Å². The summed E-state index contributed by atoms with van der Waals surface area (Å²) in [7, 11) is 0. The summed E-state index contributed by atoms with van der Waals surface area (Å²) in [5, 5.41) is 1.12. The van der Waals surface area contributed by atoms with Gasteiger partial charge in [-0.25, -0.2) is 0 Å². The highest BCUT2D eigenvalue weighted by Gasteiger charge is 2.33. The molecule has 0 unspecified atom stereocenters. The number of carbonyl (C=O) groups is 2. The third-order valence-electron chi connectivity index (χ3n) is 3.93. The van der Waals surface area contributed by atoms with Crippen LogP contribution in [0.3, 0.4) is 0 Å². The molecule has 134 valence electrons.